The molecule has 2 heterocycles. The van der Waals surface area contributed by atoms with Crippen LogP contribution in [-0.2, 0) is 4.79 Å². The van der Waals surface area contributed by atoms with E-state index in [0.29, 0.717) is 11.3 Å². The van der Waals surface area contributed by atoms with Crippen molar-refractivity contribution >= 4 is 11.6 Å². The second-order valence-electron chi connectivity index (χ2n) is 3.91. The molecule has 0 bridgehead atoms. The number of nitrogens with zero attached hydrogens (tertiary/aromatic N) is 1. The van der Waals surface area contributed by atoms with Gasteiger partial charge < -0.3 is 10.1 Å². The van der Waals surface area contributed by atoms with Crippen molar-refractivity contribution in [1.29, 1.82) is 0 Å². The zero-order chi connectivity index (χ0) is 12.5. The van der Waals surface area contributed by atoms with Gasteiger partial charge in [0.1, 0.15) is 0 Å². The van der Waals surface area contributed by atoms with Crippen molar-refractivity contribution in [3.8, 4) is 16.9 Å². The quantitative estimate of drug-likeness (QED) is 0.836. The first kappa shape index (κ1) is 10.7. The number of halogens is 1. The summed E-state index contributed by atoms with van der Waals surface area (Å²) in [6.07, 6.45) is 3.27. The lowest BCUT2D eigenvalue weighted by Gasteiger charge is -2.19. The molecule has 0 saturated heterocycles. The maximum Gasteiger partial charge on any atom is 0.262 e. The summed E-state index contributed by atoms with van der Waals surface area (Å²) in [6.45, 7) is -0.157. The number of carbonyl (C=O) groups excluding carboxylic acids is 1. The number of fused-ring (bicyclic) bond motifs is 1. The molecule has 0 saturated carbocycles. The summed E-state index contributed by atoms with van der Waals surface area (Å²) in [5, 5.41) is 2.59. The molecule has 1 N–H and O–H groups in total. The van der Waals surface area contributed by atoms with E-state index in [0.717, 1.165) is 5.56 Å². The number of hydrogen-bond acceptors (Lipinski definition) is 3. The minimum absolute atomic E-state index is 0.0854. The van der Waals surface area contributed by atoms with Crippen molar-refractivity contribution in [3.63, 3.8) is 0 Å². The molecule has 5 heteroatoms. The number of amides is 1. The molecular formula is C13H9FN2O2. The molecule has 3 rings (SSSR count). The maximum absolute atomic E-state index is 13.8. The standard InChI is InChI=1S/C13H9FN2O2/c14-10-4-9(8-2-1-3-15-6-8)5-11-13(10)18-7-12(17)16-11/h1-6H,7H2,(H,16,17). The molecule has 0 atom stereocenters. The van der Waals surface area contributed by atoms with E-state index >= 15 is 0 Å². The van der Waals surface area contributed by atoms with Crippen LogP contribution in [-0.4, -0.2) is 17.5 Å². The molecule has 18 heavy (non-hydrogen) atoms. The largest absolute Gasteiger partial charge is 0.478 e. The molecule has 0 aliphatic carbocycles. The SMILES string of the molecule is O=C1COc2c(F)cc(-c3cccnc3)cc2N1. The van der Waals surface area contributed by atoms with E-state index in [4.69, 9.17) is 4.74 Å². The predicted molar refractivity (Wildman–Crippen MR) is 63.8 cm³/mol. The number of carbonyl (C=O) groups is 1. The van der Waals surface area contributed by atoms with Crippen LogP contribution in [0, 0.1) is 5.82 Å². The van der Waals surface area contributed by atoms with Crippen molar-refractivity contribution in [3.05, 3.63) is 42.5 Å². The smallest absolute Gasteiger partial charge is 0.262 e. The van der Waals surface area contributed by atoms with E-state index in [2.05, 4.69) is 10.3 Å². The summed E-state index contributed by atoms with van der Waals surface area (Å²) in [6, 6.07) is 6.63. The average Bonchev–Trinajstić information content (AvgIpc) is 2.39. The second-order valence-corrected chi connectivity index (χ2v) is 3.91. The van der Waals surface area contributed by atoms with Crippen molar-refractivity contribution < 1.29 is 13.9 Å². The Kier molecular flexibility index (Phi) is 2.44. The minimum Gasteiger partial charge on any atom is -0.478 e. The van der Waals surface area contributed by atoms with Gasteiger partial charge >= 0.3 is 0 Å². The molecule has 2 aromatic rings. The number of anilines is 1. The van der Waals surface area contributed by atoms with Gasteiger partial charge in [0.15, 0.2) is 18.2 Å². The maximum atomic E-state index is 13.8. The van der Waals surface area contributed by atoms with Gasteiger partial charge in [-0.3, -0.25) is 9.78 Å². The van der Waals surface area contributed by atoms with E-state index in [1.165, 1.54) is 6.07 Å². The van der Waals surface area contributed by atoms with Crippen molar-refractivity contribution in [2.24, 2.45) is 0 Å². The van der Waals surface area contributed by atoms with Crippen LogP contribution in [0.5, 0.6) is 5.75 Å². The lowest BCUT2D eigenvalue weighted by Crippen LogP contribution is -2.26. The van der Waals surface area contributed by atoms with Crippen LogP contribution in [0.15, 0.2) is 36.7 Å². The van der Waals surface area contributed by atoms with Gasteiger partial charge in [-0.15, -0.1) is 0 Å². The Morgan fingerprint density at radius 2 is 2.22 bits per heavy atom. The molecular weight excluding hydrogens is 235 g/mol. The number of pyridine rings is 1. The number of aromatic nitrogens is 1. The lowest BCUT2D eigenvalue weighted by atomic mass is 10.1. The molecule has 1 aromatic carbocycles. The van der Waals surface area contributed by atoms with Gasteiger partial charge in [-0.05, 0) is 23.8 Å². The van der Waals surface area contributed by atoms with Gasteiger partial charge in [0.2, 0.25) is 0 Å². The van der Waals surface area contributed by atoms with Crippen LogP contribution >= 0.6 is 0 Å². The van der Waals surface area contributed by atoms with Crippen LogP contribution < -0.4 is 10.1 Å². The molecule has 1 aliphatic heterocycles. The number of nitrogens with one attached hydrogen (secondary N) is 1. The van der Waals surface area contributed by atoms with E-state index in [-0.39, 0.29) is 18.3 Å². The normalized spacial score (nSPS) is 13.5. The summed E-state index contributed by atoms with van der Waals surface area (Å²) in [7, 11) is 0. The van der Waals surface area contributed by atoms with E-state index < -0.39 is 5.82 Å². The summed E-state index contributed by atoms with van der Waals surface area (Å²) < 4.78 is 18.9. The van der Waals surface area contributed by atoms with Crippen LogP contribution in [0.2, 0.25) is 0 Å². The molecule has 4 nitrogen and oxygen atoms in total. The van der Waals surface area contributed by atoms with Gasteiger partial charge in [-0.1, -0.05) is 6.07 Å². The highest BCUT2D eigenvalue weighted by atomic mass is 19.1. The van der Waals surface area contributed by atoms with E-state index in [9.17, 15) is 9.18 Å². The van der Waals surface area contributed by atoms with E-state index in [1.54, 1.807) is 24.5 Å². The van der Waals surface area contributed by atoms with Gasteiger partial charge in [-0.25, -0.2) is 4.39 Å². The summed E-state index contributed by atoms with van der Waals surface area (Å²) >= 11 is 0. The topological polar surface area (TPSA) is 51.2 Å². The Hall–Kier alpha value is -2.43. The lowest BCUT2D eigenvalue weighted by molar-refractivity contribution is -0.118. The molecule has 0 spiro atoms. The first-order valence-corrected chi connectivity index (χ1v) is 5.40. The van der Waals surface area contributed by atoms with Gasteiger partial charge in [0.25, 0.3) is 5.91 Å². The van der Waals surface area contributed by atoms with Gasteiger partial charge in [-0.2, -0.15) is 0 Å². The Labute approximate surface area is 102 Å². The predicted octanol–water partition coefficient (Wildman–Crippen LogP) is 2.22. The highest BCUT2D eigenvalue weighted by molar-refractivity contribution is 5.96. The number of ether oxygens (including phenoxy) is 1. The summed E-state index contributed by atoms with van der Waals surface area (Å²) in [4.78, 5) is 15.2. The van der Waals surface area contributed by atoms with Crippen LogP contribution in [0.4, 0.5) is 10.1 Å². The number of hydrogen-bond donors (Lipinski definition) is 1. The van der Waals surface area contributed by atoms with E-state index in [1.807, 2.05) is 6.07 Å². The zero-order valence-corrected chi connectivity index (χ0v) is 9.31. The fourth-order valence-electron chi connectivity index (χ4n) is 1.86. The fourth-order valence-corrected chi connectivity index (χ4v) is 1.86. The molecule has 0 radical (unpaired) electrons. The Bertz CT molecular complexity index is 614. The zero-order valence-electron chi connectivity index (χ0n) is 9.31. The fraction of sp³-hybridized carbons (Fsp3) is 0.0769. The average molecular weight is 244 g/mol. The summed E-state index contributed by atoms with van der Waals surface area (Å²) in [5.41, 5.74) is 1.77. The Morgan fingerprint density at radius 1 is 1.33 bits per heavy atom. The highest BCUT2D eigenvalue weighted by Crippen LogP contribution is 2.35. The second kappa shape index (κ2) is 4.10. The molecule has 0 unspecified atom stereocenters. The number of benzene rings is 1. The van der Waals surface area contributed by atoms with Crippen molar-refractivity contribution in [2.75, 3.05) is 11.9 Å². The number of rotatable bonds is 1. The van der Waals surface area contributed by atoms with Crippen LogP contribution in [0.1, 0.15) is 0 Å². The molecule has 0 fully saturated rings. The first-order chi connectivity index (χ1) is 8.74. The van der Waals surface area contributed by atoms with Crippen LogP contribution in [0.3, 0.4) is 0 Å². The monoisotopic (exact) mass is 244 g/mol. The first-order valence-electron chi connectivity index (χ1n) is 5.40. The molecule has 1 amide bonds. The third-order valence-electron chi connectivity index (χ3n) is 2.66. The van der Waals surface area contributed by atoms with Gasteiger partial charge in [0, 0.05) is 18.0 Å². The Morgan fingerprint density at radius 3 is 3.00 bits per heavy atom. The minimum atomic E-state index is -0.494. The van der Waals surface area contributed by atoms with Crippen molar-refractivity contribution in [2.45, 2.75) is 0 Å². The summed E-state index contributed by atoms with van der Waals surface area (Å²) in [5.74, 6) is -0.696. The third kappa shape index (κ3) is 1.79. The van der Waals surface area contributed by atoms with Crippen LogP contribution in [0.25, 0.3) is 11.1 Å². The molecule has 1 aliphatic rings. The Balaban J connectivity index is 2.11. The highest BCUT2D eigenvalue weighted by Gasteiger charge is 2.20. The van der Waals surface area contributed by atoms with Gasteiger partial charge in [0.05, 0.1) is 5.69 Å². The van der Waals surface area contributed by atoms with Crippen molar-refractivity contribution in [1.82, 2.24) is 4.98 Å². The molecule has 1 aromatic heterocycles. The third-order valence-corrected chi connectivity index (χ3v) is 2.66. The molecule has 90 valence electrons.